The Morgan fingerprint density at radius 3 is 3.00 bits per heavy atom. The average Bonchev–Trinajstić information content (AvgIpc) is 2.92. The number of rotatable bonds is 1. The predicted octanol–water partition coefficient (Wildman–Crippen LogP) is 0.257. The lowest BCUT2D eigenvalue weighted by Crippen LogP contribution is -2.62. The first-order valence-electron chi connectivity index (χ1n) is 6.06. The first kappa shape index (κ1) is 11.3. The van der Waals surface area contributed by atoms with Gasteiger partial charge >= 0.3 is 5.97 Å². The molecule has 0 saturated carbocycles. The fourth-order valence-electron chi connectivity index (χ4n) is 3.17. The van der Waals surface area contributed by atoms with Crippen LogP contribution in [0.2, 0.25) is 0 Å². The van der Waals surface area contributed by atoms with Gasteiger partial charge in [0.15, 0.2) is 0 Å². The van der Waals surface area contributed by atoms with Crippen LogP contribution in [0.5, 0.6) is 0 Å². The summed E-state index contributed by atoms with van der Waals surface area (Å²) in [6, 6.07) is -0.628. The summed E-state index contributed by atoms with van der Waals surface area (Å²) in [5.41, 5.74) is -0.449. The number of nitrogens with one attached hydrogen (secondary N) is 1. The van der Waals surface area contributed by atoms with E-state index in [1.54, 1.807) is 16.7 Å². The molecule has 1 spiro atoms. The van der Waals surface area contributed by atoms with Gasteiger partial charge in [-0.15, -0.1) is 11.8 Å². The molecule has 2 unspecified atom stereocenters. The molecular formula is C11H16N2O3S. The molecule has 0 radical (unpaired) electrons. The smallest absolute Gasteiger partial charge is 0.327 e. The van der Waals surface area contributed by atoms with Crippen molar-refractivity contribution < 1.29 is 14.7 Å². The highest BCUT2D eigenvalue weighted by atomic mass is 32.2. The second-order valence-electron chi connectivity index (χ2n) is 5.01. The summed E-state index contributed by atoms with van der Waals surface area (Å²) < 4.78 is 0. The highest BCUT2D eigenvalue weighted by molar-refractivity contribution is 8.00. The molecule has 0 aromatic rings. The predicted molar refractivity (Wildman–Crippen MR) is 63.7 cm³/mol. The molecule has 94 valence electrons. The maximum absolute atomic E-state index is 12.5. The molecule has 1 amide bonds. The normalized spacial score (nSPS) is 40.9. The molecule has 0 aromatic carbocycles. The molecule has 2 N–H and O–H groups in total. The number of hydrogen-bond acceptors (Lipinski definition) is 4. The van der Waals surface area contributed by atoms with Gasteiger partial charge in [0.2, 0.25) is 5.91 Å². The molecule has 3 atom stereocenters. The topological polar surface area (TPSA) is 69.6 Å². The number of amides is 1. The lowest BCUT2D eigenvalue weighted by Gasteiger charge is -2.42. The third-order valence-electron chi connectivity index (χ3n) is 4.08. The second kappa shape index (κ2) is 3.88. The summed E-state index contributed by atoms with van der Waals surface area (Å²) in [6.45, 7) is 0.870. The zero-order chi connectivity index (χ0) is 12.0. The number of nitrogens with zero attached hydrogens (tertiary/aromatic N) is 1. The summed E-state index contributed by atoms with van der Waals surface area (Å²) in [6.07, 6.45) is 3.63. The summed E-state index contributed by atoms with van der Waals surface area (Å²) >= 11 is 1.61. The summed E-state index contributed by atoms with van der Waals surface area (Å²) in [7, 11) is 0. The lowest BCUT2D eigenvalue weighted by atomic mass is 9.86. The quantitative estimate of drug-likeness (QED) is 0.704. The molecule has 3 aliphatic rings. The van der Waals surface area contributed by atoms with Crippen molar-refractivity contribution in [1.29, 1.82) is 0 Å². The molecule has 0 aromatic heterocycles. The Labute approximate surface area is 104 Å². The molecule has 3 fully saturated rings. The number of carboxylic acids is 1. The standard InChI is InChI=1S/C11H16N2O3S/c14-9(15)7-6-17-8-2-4-11(3-1-5-12-11)10(16)13(7)8/h7-8,12H,1-6H2,(H,14,15)/t7?,8?,11-/m1/s1. The summed E-state index contributed by atoms with van der Waals surface area (Å²) in [5.74, 6) is -0.325. The van der Waals surface area contributed by atoms with Gasteiger partial charge in [0.05, 0.1) is 10.9 Å². The highest BCUT2D eigenvalue weighted by Crippen LogP contribution is 2.42. The maximum atomic E-state index is 12.5. The Morgan fingerprint density at radius 2 is 2.35 bits per heavy atom. The van der Waals surface area contributed by atoms with Crippen LogP contribution in [0.3, 0.4) is 0 Å². The van der Waals surface area contributed by atoms with Crippen LogP contribution in [0.25, 0.3) is 0 Å². The molecule has 5 nitrogen and oxygen atoms in total. The fourth-order valence-corrected chi connectivity index (χ4v) is 4.57. The van der Waals surface area contributed by atoms with E-state index in [1.807, 2.05) is 0 Å². The maximum Gasteiger partial charge on any atom is 0.327 e. The van der Waals surface area contributed by atoms with Crippen LogP contribution >= 0.6 is 11.8 Å². The zero-order valence-electron chi connectivity index (χ0n) is 9.52. The van der Waals surface area contributed by atoms with E-state index in [9.17, 15) is 14.7 Å². The summed E-state index contributed by atoms with van der Waals surface area (Å²) in [4.78, 5) is 25.3. The van der Waals surface area contributed by atoms with Crippen LogP contribution in [0.1, 0.15) is 25.7 Å². The number of carbonyl (C=O) groups excluding carboxylic acids is 1. The Balaban J connectivity index is 1.89. The van der Waals surface area contributed by atoms with E-state index in [1.165, 1.54) is 0 Å². The van der Waals surface area contributed by atoms with E-state index in [2.05, 4.69) is 5.32 Å². The van der Waals surface area contributed by atoms with Crippen LogP contribution in [0.15, 0.2) is 0 Å². The average molecular weight is 256 g/mol. The lowest BCUT2D eigenvalue weighted by molar-refractivity contribution is -0.154. The largest absolute Gasteiger partial charge is 0.480 e. The minimum absolute atomic E-state index is 0.0173. The van der Waals surface area contributed by atoms with E-state index < -0.39 is 17.6 Å². The van der Waals surface area contributed by atoms with Crippen molar-refractivity contribution in [3.8, 4) is 0 Å². The Morgan fingerprint density at radius 1 is 1.53 bits per heavy atom. The molecule has 3 saturated heterocycles. The minimum Gasteiger partial charge on any atom is -0.480 e. The van der Waals surface area contributed by atoms with Gasteiger partial charge in [0, 0.05) is 5.75 Å². The van der Waals surface area contributed by atoms with Gasteiger partial charge in [0.1, 0.15) is 6.04 Å². The van der Waals surface area contributed by atoms with Gasteiger partial charge in [-0.1, -0.05) is 0 Å². The minimum atomic E-state index is -0.872. The van der Waals surface area contributed by atoms with Gasteiger partial charge < -0.3 is 15.3 Å². The third-order valence-corrected chi connectivity index (χ3v) is 5.44. The fraction of sp³-hybridized carbons (Fsp3) is 0.818. The van der Waals surface area contributed by atoms with Crippen LogP contribution in [0, 0.1) is 0 Å². The van der Waals surface area contributed by atoms with Crippen LogP contribution in [-0.4, -0.2) is 51.1 Å². The van der Waals surface area contributed by atoms with E-state index in [-0.39, 0.29) is 11.3 Å². The van der Waals surface area contributed by atoms with Crippen LogP contribution in [-0.2, 0) is 9.59 Å². The highest BCUT2D eigenvalue weighted by Gasteiger charge is 2.54. The van der Waals surface area contributed by atoms with Crippen molar-refractivity contribution >= 4 is 23.6 Å². The Hall–Kier alpha value is -0.750. The first-order chi connectivity index (χ1) is 8.14. The Kier molecular flexibility index (Phi) is 2.59. The number of carboxylic acid groups (broad SMARTS) is 1. The van der Waals surface area contributed by atoms with E-state index >= 15 is 0 Å². The van der Waals surface area contributed by atoms with E-state index in [0.717, 1.165) is 32.2 Å². The van der Waals surface area contributed by atoms with Crippen molar-refractivity contribution in [3.63, 3.8) is 0 Å². The van der Waals surface area contributed by atoms with Crippen molar-refractivity contribution in [2.75, 3.05) is 12.3 Å². The van der Waals surface area contributed by atoms with Crippen molar-refractivity contribution in [3.05, 3.63) is 0 Å². The van der Waals surface area contributed by atoms with E-state index in [0.29, 0.717) is 5.75 Å². The number of fused-ring (bicyclic) bond motifs is 1. The molecule has 0 bridgehead atoms. The molecule has 0 aliphatic carbocycles. The molecule has 17 heavy (non-hydrogen) atoms. The number of aliphatic carboxylic acids is 1. The van der Waals surface area contributed by atoms with Crippen LogP contribution in [0.4, 0.5) is 0 Å². The van der Waals surface area contributed by atoms with Gasteiger partial charge in [0.25, 0.3) is 0 Å². The number of carbonyl (C=O) groups is 2. The van der Waals surface area contributed by atoms with Gasteiger partial charge in [-0.3, -0.25) is 4.79 Å². The molecule has 6 heteroatoms. The monoisotopic (exact) mass is 256 g/mol. The number of thioether (sulfide) groups is 1. The van der Waals surface area contributed by atoms with Crippen molar-refractivity contribution in [2.24, 2.45) is 0 Å². The SMILES string of the molecule is O=C(O)C1CSC2CC[C@]3(CCCN3)C(=O)N21. The molecule has 3 heterocycles. The zero-order valence-corrected chi connectivity index (χ0v) is 10.3. The Bertz CT molecular complexity index is 368. The van der Waals surface area contributed by atoms with Crippen molar-refractivity contribution in [1.82, 2.24) is 10.2 Å². The molecular weight excluding hydrogens is 240 g/mol. The second-order valence-corrected chi connectivity index (χ2v) is 6.22. The number of hydrogen-bond donors (Lipinski definition) is 2. The summed E-state index contributed by atoms with van der Waals surface area (Å²) in [5, 5.41) is 12.6. The number of piperidine rings is 1. The first-order valence-corrected chi connectivity index (χ1v) is 7.11. The third kappa shape index (κ3) is 1.57. The van der Waals surface area contributed by atoms with E-state index in [4.69, 9.17) is 0 Å². The van der Waals surface area contributed by atoms with Crippen molar-refractivity contribution in [2.45, 2.75) is 42.6 Å². The molecule has 3 rings (SSSR count). The van der Waals surface area contributed by atoms with Crippen LogP contribution < -0.4 is 5.32 Å². The van der Waals surface area contributed by atoms with Gasteiger partial charge in [-0.2, -0.15) is 0 Å². The molecule has 3 aliphatic heterocycles. The van der Waals surface area contributed by atoms with Gasteiger partial charge in [-0.25, -0.2) is 4.79 Å². The van der Waals surface area contributed by atoms with Gasteiger partial charge in [-0.05, 0) is 32.2 Å².